The van der Waals surface area contributed by atoms with Crippen LogP contribution in [0.25, 0.3) is 6.08 Å². The smallest absolute Gasteiger partial charge is 0.130 e. The minimum absolute atomic E-state index is 0.0787. The lowest BCUT2D eigenvalue weighted by Crippen LogP contribution is -2.08. The second kappa shape index (κ2) is 6.67. The van der Waals surface area contributed by atoms with Crippen LogP contribution in [-0.4, -0.2) is 15.3 Å². The average Bonchev–Trinajstić information content (AvgIpc) is 2.92. The molecule has 0 bridgehead atoms. The SMILES string of the molecule is C/C=C/c1cc(CO)c2c(c1)C(C)C(c1ccc(O)c(CO)c1)O2. The molecule has 4 nitrogen and oxygen atoms in total. The van der Waals surface area contributed by atoms with E-state index in [-0.39, 0.29) is 31.0 Å². The van der Waals surface area contributed by atoms with Crippen LogP contribution in [-0.2, 0) is 13.2 Å². The number of phenols is 1. The second-order valence-electron chi connectivity index (χ2n) is 6.13. The van der Waals surface area contributed by atoms with Gasteiger partial charge in [0.2, 0.25) is 0 Å². The number of aliphatic hydroxyl groups is 2. The standard InChI is InChI=1S/C20H22O4/c1-3-4-13-7-16(11-22)20-17(8-13)12(2)19(24-20)14-5-6-18(23)15(9-14)10-21/h3-9,12,19,21-23H,10-11H2,1-2H3/b4-3+. The van der Waals surface area contributed by atoms with E-state index in [1.165, 1.54) is 0 Å². The number of hydrogen-bond acceptors (Lipinski definition) is 4. The van der Waals surface area contributed by atoms with Gasteiger partial charge in [-0.3, -0.25) is 0 Å². The molecule has 0 fully saturated rings. The summed E-state index contributed by atoms with van der Waals surface area (Å²) in [6.07, 6.45) is 3.76. The Bertz CT molecular complexity index is 779. The molecule has 0 spiro atoms. The maximum absolute atomic E-state index is 9.75. The monoisotopic (exact) mass is 326 g/mol. The number of benzene rings is 2. The van der Waals surface area contributed by atoms with Crippen molar-refractivity contribution in [1.29, 1.82) is 0 Å². The van der Waals surface area contributed by atoms with E-state index in [2.05, 4.69) is 13.0 Å². The van der Waals surface area contributed by atoms with E-state index < -0.39 is 0 Å². The molecule has 1 aliphatic heterocycles. The van der Waals surface area contributed by atoms with Gasteiger partial charge >= 0.3 is 0 Å². The molecule has 0 aliphatic carbocycles. The summed E-state index contributed by atoms with van der Waals surface area (Å²) < 4.78 is 6.15. The summed E-state index contributed by atoms with van der Waals surface area (Å²) in [7, 11) is 0. The molecule has 3 N–H and O–H groups in total. The van der Waals surface area contributed by atoms with Crippen molar-refractivity contribution >= 4 is 6.08 Å². The van der Waals surface area contributed by atoms with Gasteiger partial charge in [0.25, 0.3) is 0 Å². The highest BCUT2D eigenvalue weighted by molar-refractivity contribution is 5.59. The van der Waals surface area contributed by atoms with Crippen LogP contribution >= 0.6 is 0 Å². The molecule has 1 heterocycles. The molecule has 0 aromatic heterocycles. The molecule has 2 unspecified atom stereocenters. The Labute approximate surface area is 141 Å². The van der Waals surface area contributed by atoms with Gasteiger partial charge in [0.05, 0.1) is 13.2 Å². The van der Waals surface area contributed by atoms with Crippen molar-refractivity contribution in [1.82, 2.24) is 0 Å². The van der Waals surface area contributed by atoms with Crippen LogP contribution < -0.4 is 4.74 Å². The van der Waals surface area contributed by atoms with E-state index >= 15 is 0 Å². The van der Waals surface area contributed by atoms with E-state index in [1.807, 2.05) is 31.2 Å². The number of fused-ring (bicyclic) bond motifs is 1. The molecular weight excluding hydrogens is 304 g/mol. The third kappa shape index (κ3) is 2.79. The van der Waals surface area contributed by atoms with Gasteiger partial charge in [0.15, 0.2) is 0 Å². The molecule has 0 amide bonds. The first-order chi connectivity index (χ1) is 11.6. The molecule has 4 heteroatoms. The molecular formula is C20H22O4. The number of aromatic hydroxyl groups is 1. The maximum atomic E-state index is 9.75. The van der Waals surface area contributed by atoms with Crippen molar-refractivity contribution in [2.45, 2.75) is 39.1 Å². The van der Waals surface area contributed by atoms with Crippen LogP contribution in [0.2, 0.25) is 0 Å². The molecule has 24 heavy (non-hydrogen) atoms. The third-order valence-electron chi connectivity index (χ3n) is 4.54. The predicted octanol–water partition coefficient (Wildman–Crippen LogP) is 3.65. The molecule has 126 valence electrons. The zero-order valence-electron chi connectivity index (χ0n) is 13.9. The first kappa shape index (κ1) is 16.6. The van der Waals surface area contributed by atoms with Crippen LogP contribution in [0.5, 0.6) is 11.5 Å². The summed E-state index contributed by atoms with van der Waals surface area (Å²) >= 11 is 0. The first-order valence-corrected chi connectivity index (χ1v) is 8.08. The average molecular weight is 326 g/mol. The van der Waals surface area contributed by atoms with Gasteiger partial charge in [-0.2, -0.15) is 0 Å². The van der Waals surface area contributed by atoms with Crippen molar-refractivity contribution in [3.8, 4) is 11.5 Å². The van der Waals surface area contributed by atoms with Crippen molar-refractivity contribution in [2.24, 2.45) is 0 Å². The Balaban J connectivity index is 2.03. The second-order valence-corrected chi connectivity index (χ2v) is 6.13. The van der Waals surface area contributed by atoms with Crippen LogP contribution in [0, 0.1) is 0 Å². The van der Waals surface area contributed by atoms with Gasteiger partial charge in [-0.15, -0.1) is 0 Å². The van der Waals surface area contributed by atoms with Gasteiger partial charge in [-0.25, -0.2) is 0 Å². The zero-order valence-corrected chi connectivity index (χ0v) is 13.9. The predicted molar refractivity (Wildman–Crippen MR) is 92.9 cm³/mol. The molecule has 0 saturated carbocycles. The Kier molecular flexibility index (Phi) is 4.60. The summed E-state index contributed by atoms with van der Waals surface area (Å²) in [5.74, 6) is 0.921. The Morgan fingerprint density at radius 1 is 1.08 bits per heavy atom. The summed E-state index contributed by atoms with van der Waals surface area (Å²) in [4.78, 5) is 0. The molecule has 2 aromatic carbocycles. The fraction of sp³-hybridized carbons (Fsp3) is 0.300. The van der Waals surface area contributed by atoms with Crippen molar-refractivity contribution < 1.29 is 20.1 Å². The number of rotatable bonds is 4. The van der Waals surface area contributed by atoms with Crippen molar-refractivity contribution in [3.05, 3.63) is 64.2 Å². The van der Waals surface area contributed by atoms with Gasteiger partial charge in [0, 0.05) is 22.6 Å². The first-order valence-electron chi connectivity index (χ1n) is 8.08. The highest BCUT2D eigenvalue weighted by Gasteiger charge is 2.34. The van der Waals surface area contributed by atoms with E-state index in [1.54, 1.807) is 12.1 Å². The lowest BCUT2D eigenvalue weighted by molar-refractivity contribution is 0.206. The number of aliphatic hydroxyl groups excluding tert-OH is 2. The van der Waals surface area contributed by atoms with Crippen LogP contribution in [0.3, 0.4) is 0 Å². The topological polar surface area (TPSA) is 69.9 Å². The van der Waals surface area contributed by atoms with Crippen LogP contribution in [0.1, 0.15) is 53.7 Å². The fourth-order valence-electron chi connectivity index (χ4n) is 3.28. The molecule has 0 radical (unpaired) electrons. The summed E-state index contributed by atoms with van der Waals surface area (Å²) in [6, 6.07) is 9.19. The lowest BCUT2D eigenvalue weighted by atomic mass is 9.90. The minimum Gasteiger partial charge on any atom is -0.508 e. The quantitative estimate of drug-likeness (QED) is 0.802. The Hall–Kier alpha value is -2.30. The normalized spacial score (nSPS) is 19.5. The lowest BCUT2D eigenvalue weighted by Gasteiger charge is -2.17. The Morgan fingerprint density at radius 3 is 2.50 bits per heavy atom. The fourth-order valence-corrected chi connectivity index (χ4v) is 3.28. The van der Waals surface area contributed by atoms with Crippen molar-refractivity contribution in [2.75, 3.05) is 0 Å². The van der Waals surface area contributed by atoms with E-state index in [9.17, 15) is 15.3 Å². The van der Waals surface area contributed by atoms with Crippen LogP contribution in [0.15, 0.2) is 36.4 Å². The third-order valence-corrected chi connectivity index (χ3v) is 4.54. The summed E-state index contributed by atoms with van der Waals surface area (Å²) in [5.41, 5.74) is 4.26. The highest BCUT2D eigenvalue weighted by Crippen LogP contribution is 2.48. The molecule has 2 atom stereocenters. The highest BCUT2D eigenvalue weighted by atomic mass is 16.5. The van der Waals surface area contributed by atoms with E-state index in [0.29, 0.717) is 5.56 Å². The van der Waals surface area contributed by atoms with Gasteiger partial charge in [0.1, 0.15) is 17.6 Å². The Morgan fingerprint density at radius 2 is 1.83 bits per heavy atom. The maximum Gasteiger partial charge on any atom is 0.130 e. The largest absolute Gasteiger partial charge is 0.508 e. The minimum atomic E-state index is -0.221. The molecule has 3 rings (SSSR count). The number of ether oxygens (including phenoxy) is 1. The van der Waals surface area contributed by atoms with Gasteiger partial charge < -0.3 is 20.1 Å². The summed E-state index contributed by atoms with van der Waals surface area (Å²) in [6.45, 7) is 3.75. The summed E-state index contributed by atoms with van der Waals surface area (Å²) in [5, 5.41) is 28.8. The van der Waals surface area contributed by atoms with Crippen LogP contribution in [0.4, 0.5) is 0 Å². The van der Waals surface area contributed by atoms with E-state index in [4.69, 9.17) is 4.74 Å². The molecule has 0 saturated heterocycles. The van der Waals surface area contributed by atoms with Gasteiger partial charge in [-0.05, 0) is 42.3 Å². The molecule has 2 aromatic rings. The number of hydrogen-bond donors (Lipinski definition) is 3. The number of allylic oxidation sites excluding steroid dienone is 1. The van der Waals surface area contributed by atoms with Gasteiger partial charge in [-0.1, -0.05) is 25.1 Å². The zero-order chi connectivity index (χ0) is 17.3. The molecule has 1 aliphatic rings. The van der Waals surface area contributed by atoms with Crippen molar-refractivity contribution in [3.63, 3.8) is 0 Å². The van der Waals surface area contributed by atoms with E-state index in [0.717, 1.165) is 28.0 Å².